The normalized spacial score (nSPS) is 11.4. The van der Waals surface area contributed by atoms with Gasteiger partial charge < -0.3 is 20.1 Å². The number of hydrogen-bond acceptors (Lipinski definition) is 6. The van der Waals surface area contributed by atoms with Crippen LogP contribution in [-0.2, 0) is 16.0 Å². The van der Waals surface area contributed by atoms with Crippen LogP contribution < -0.4 is 25.6 Å². The molecule has 0 spiro atoms. The van der Waals surface area contributed by atoms with E-state index in [2.05, 4.69) is 10.6 Å². The number of anilines is 1. The maximum atomic E-state index is 13.1. The van der Waals surface area contributed by atoms with Crippen molar-refractivity contribution >= 4 is 29.5 Å². The summed E-state index contributed by atoms with van der Waals surface area (Å²) in [5, 5.41) is 14.2. The van der Waals surface area contributed by atoms with Crippen LogP contribution in [-0.4, -0.2) is 43.2 Å². The molecule has 1 atom stereocenters. The molecule has 0 heterocycles. The van der Waals surface area contributed by atoms with Crippen molar-refractivity contribution in [3.8, 4) is 11.5 Å². The fourth-order valence-corrected chi connectivity index (χ4v) is 3.41. The summed E-state index contributed by atoms with van der Waals surface area (Å²) in [5.74, 6) is -0.386. The zero-order valence-electron chi connectivity index (χ0n) is 19.9. The van der Waals surface area contributed by atoms with E-state index in [4.69, 9.17) is 14.7 Å². The molecule has 0 radical (unpaired) electrons. The average molecular weight is 490 g/mol. The summed E-state index contributed by atoms with van der Waals surface area (Å²) >= 11 is 0. The lowest BCUT2D eigenvalue weighted by atomic mass is 10.0. The van der Waals surface area contributed by atoms with Crippen LogP contribution >= 0.6 is 0 Å². The van der Waals surface area contributed by atoms with Gasteiger partial charge in [-0.05, 0) is 54.1 Å². The molecule has 0 saturated carbocycles. The molecule has 3 aromatic carbocycles. The second-order valence-electron chi connectivity index (χ2n) is 7.70. The highest BCUT2D eigenvalue weighted by Crippen LogP contribution is 2.25. The van der Waals surface area contributed by atoms with E-state index in [1.807, 2.05) is 30.3 Å². The largest absolute Gasteiger partial charge is 0.497 e. The van der Waals surface area contributed by atoms with Crippen molar-refractivity contribution < 1.29 is 29.1 Å². The fraction of sp³-hybridized carbons (Fsp3) is 0.148. The monoisotopic (exact) mass is 489 g/mol. The summed E-state index contributed by atoms with van der Waals surface area (Å²) < 4.78 is 10.6. The maximum Gasteiger partial charge on any atom is 0.274 e. The predicted molar refractivity (Wildman–Crippen MR) is 135 cm³/mol. The van der Waals surface area contributed by atoms with E-state index in [-0.39, 0.29) is 12.0 Å². The summed E-state index contributed by atoms with van der Waals surface area (Å²) in [6, 6.07) is 19.6. The number of carbonyl (C=O) groups is 3. The van der Waals surface area contributed by atoms with Crippen molar-refractivity contribution in [2.45, 2.75) is 12.5 Å². The van der Waals surface area contributed by atoms with Gasteiger partial charge in [0.1, 0.15) is 17.5 Å². The van der Waals surface area contributed by atoms with Crippen molar-refractivity contribution in [1.29, 1.82) is 0 Å². The van der Waals surface area contributed by atoms with Crippen LogP contribution in [0.5, 0.6) is 11.5 Å². The van der Waals surface area contributed by atoms with Crippen molar-refractivity contribution in [2.75, 3.05) is 19.5 Å². The fourth-order valence-electron chi connectivity index (χ4n) is 3.41. The zero-order valence-corrected chi connectivity index (χ0v) is 19.9. The first-order valence-corrected chi connectivity index (χ1v) is 11.0. The molecule has 3 amide bonds. The Kier molecular flexibility index (Phi) is 9.19. The molecule has 9 heteroatoms. The quantitative estimate of drug-likeness (QED) is 0.197. The number of rotatable bonds is 10. The van der Waals surface area contributed by atoms with Gasteiger partial charge in [-0.15, -0.1) is 0 Å². The van der Waals surface area contributed by atoms with Crippen LogP contribution in [0.2, 0.25) is 0 Å². The molecule has 186 valence electrons. The number of nitrogens with one attached hydrogen (secondary N) is 3. The van der Waals surface area contributed by atoms with E-state index >= 15 is 0 Å². The highest BCUT2D eigenvalue weighted by atomic mass is 16.5. The molecule has 9 nitrogen and oxygen atoms in total. The van der Waals surface area contributed by atoms with E-state index in [1.165, 1.54) is 37.5 Å². The first kappa shape index (κ1) is 26.0. The molecule has 4 N–H and O–H groups in total. The maximum absolute atomic E-state index is 13.1. The topological polar surface area (TPSA) is 126 Å². The minimum absolute atomic E-state index is 0.225. The Hall–Kier alpha value is -4.63. The molecule has 3 aromatic rings. The van der Waals surface area contributed by atoms with Gasteiger partial charge in [0.25, 0.3) is 5.91 Å². The first-order chi connectivity index (χ1) is 17.4. The number of methoxy groups -OCH3 is 2. The third kappa shape index (κ3) is 7.18. The second-order valence-corrected chi connectivity index (χ2v) is 7.70. The van der Waals surface area contributed by atoms with Gasteiger partial charge in [0.2, 0.25) is 11.8 Å². The number of amides is 3. The number of hydroxylamine groups is 1. The minimum Gasteiger partial charge on any atom is -0.497 e. The Morgan fingerprint density at radius 2 is 1.67 bits per heavy atom. The summed E-state index contributed by atoms with van der Waals surface area (Å²) in [6.45, 7) is 0. The van der Waals surface area contributed by atoms with E-state index < -0.39 is 23.8 Å². The smallest absolute Gasteiger partial charge is 0.274 e. The Balaban J connectivity index is 1.76. The highest BCUT2D eigenvalue weighted by Gasteiger charge is 2.21. The van der Waals surface area contributed by atoms with Crippen molar-refractivity contribution in [3.05, 3.63) is 95.6 Å². The molecule has 0 aliphatic carbocycles. The lowest BCUT2D eigenvalue weighted by Crippen LogP contribution is -2.44. The van der Waals surface area contributed by atoms with Gasteiger partial charge in [0.15, 0.2) is 0 Å². The summed E-state index contributed by atoms with van der Waals surface area (Å²) in [5.41, 5.74) is 3.71. The van der Waals surface area contributed by atoms with Crippen LogP contribution in [0.1, 0.15) is 21.5 Å². The van der Waals surface area contributed by atoms with Gasteiger partial charge in [-0.1, -0.05) is 30.3 Å². The highest BCUT2D eigenvalue weighted by molar-refractivity contribution is 6.01. The summed E-state index contributed by atoms with van der Waals surface area (Å²) in [4.78, 5) is 37.3. The number of carbonyl (C=O) groups excluding carboxylic acids is 3. The molecule has 0 aliphatic heterocycles. The van der Waals surface area contributed by atoms with Gasteiger partial charge >= 0.3 is 0 Å². The lowest BCUT2D eigenvalue weighted by molar-refractivity contribution is -0.123. The van der Waals surface area contributed by atoms with Gasteiger partial charge in [-0.25, -0.2) is 5.48 Å². The molecule has 3 rings (SSSR count). The molecule has 0 aromatic heterocycles. The van der Waals surface area contributed by atoms with Gasteiger partial charge in [0.05, 0.1) is 14.2 Å². The predicted octanol–water partition coefficient (Wildman–Crippen LogP) is 3.20. The molecule has 36 heavy (non-hydrogen) atoms. The van der Waals surface area contributed by atoms with E-state index in [1.54, 1.807) is 36.9 Å². The van der Waals surface area contributed by atoms with E-state index in [9.17, 15) is 14.4 Å². The third-order valence-electron chi connectivity index (χ3n) is 5.28. The van der Waals surface area contributed by atoms with E-state index in [0.29, 0.717) is 22.7 Å². The van der Waals surface area contributed by atoms with Crippen LogP contribution in [0.25, 0.3) is 6.08 Å². The summed E-state index contributed by atoms with van der Waals surface area (Å²) in [7, 11) is 3.08. The van der Waals surface area contributed by atoms with Crippen LogP contribution in [0.4, 0.5) is 5.69 Å². The number of hydrogen-bond donors (Lipinski definition) is 4. The van der Waals surface area contributed by atoms with Crippen LogP contribution in [0.3, 0.4) is 0 Å². The third-order valence-corrected chi connectivity index (χ3v) is 5.28. The molecule has 0 saturated heterocycles. The van der Waals surface area contributed by atoms with Crippen molar-refractivity contribution in [3.63, 3.8) is 0 Å². The average Bonchev–Trinajstić information content (AvgIpc) is 2.91. The second kappa shape index (κ2) is 12.7. The minimum atomic E-state index is -0.878. The molecule has 0 fully saturated rings. The van der Waals surface area contributed by atoms with Crippen molar-refractivity contribution in [2.24, 2.45) is 0 Å². The molecular formula is C27H27N3O6. The summed E-state index contributed by atoms with van der Waals surface area (Å²) in [6.07, 6.45) is 3.17. The lowest BCUT2D eigenvalue weighted by Gasteiger charge is -2.18. The molecule has 1 unspecified atom stereocenters. The Morgan fingerprint density at radius 1 is 0.944 bits per heavy atom. The Bertz CT molecular complexity index is 1230. The van der Waals surface area contributed by atoms with Crippen LogP contribution in [0, 0.1) is 0 Å². The Labute approximate surface area is 208 Å². The van der Waals surface area contributed by atoms with Gasteiger partial charge in [-0.3, -0.25) is 19.6 Å². The molecular weight excluding hydrogens is 462 g/mol. The SMILES string of the molecule is COc1ccc(OC)c(/C=C/C(=O)NC(Cc2ccccc2)C(=O)Nc2ccc(C(=O)NO)cc2)c1. The van der Waals surface area contributed by atoms with Gasteiger partial charge in [-0.2, -0.15) is 0 Å². The zero-order chi connectivity index (χ0) is 25.9. The Morgan fingerprint density at radius 3 is 2.31 bits per heavy atom. The van der Waals surface area contributed by atoms with Crippen molar-refractivity contribution in [1.82, 2.24) is 10.8 Å². The number of ether oxygens (including phenoxy) is 2. The van der Waals surface area contributed by atoms with E-state index in [0.717, 1.165) is 5.56 Å². The van der Waals surface area contributed by atoms with Crippen LogP contribution in [0.15, 0.2) is 78.9 Å². The van der Waals surface area contributed by atoms with Gasteiger partial charge in [0, 0.05) is 29.3 Å². The number of benzene rings is 3. The molecule has 0 aliphatic rings. The standard InChI is InChI=1S/C27H27N3O6/c1-35-22-13-14-24(36-2)20(17-22)10-15-25(31)29-23(16-18-6-4-3-5-7-18)27(33)28-21-11-8-19(9-12-21)26(32)30-34/h3-15,17,23,34H,16H2,1-2H3,(H,28,33)(H,29,31)(H,30,32)/b15-10+. The molecule has 0 bridgehead atoms. The first-order valence-electron chi connectivity index (χ1n) is 11.0.